The molecule has 1 aromatic heterocycles. The van der Waals surface area contributed by atoms with E-state index >= 15 is 0 Å². The van der Waals surface area contributed by atoms with Crippen molar-refractivity contribution in [2.45, 2.75) is 19.4 Å². The number of hydrogen-bond acceptors (Lipinski definition) is 3. The van der Waals surface area contributed by atoms with Gasteiger partial charge in [-0.15, -0.1) is 0 Å². The normalized spacial score (nSPS) is 16.2. The molecule has 2 aromatic rings. The van der Waals surface area contributed by atoms with E-state index in [1.807, 2.05) is 11.6 Å². The number of rotatable bonds is 3. The van der Waals surface area contributed by atoms with E-state index in [9.17, 15) is 4.39 Å². The predicted octanol–water partition coefficient (Wildman–Crippen LogP) is 0.413. The maximum Gasteiger partial charge on any atom is 0.411 e. The van der Waals surface area contributed by atoms with Gasteiger partial charge in [-0.1, -0.05) is 0 Å². The summed E-state index contributed by atoms with van der Waals surface area (Å²) < 4.78 is 31.9. The SMILES string of the molecule is C[N+]1=C(c2occc2Oc2ccc(F)cc2)OCC1(C)C.[I-]. The van der Waals surface area contributed by atoms with Crippen LogP contribution in [0.1, 0.15) is 19.6 Å². The predicted molar refractivity (Wildman–Crippen MR) is 75.5 cm³/mol. The van der Waals surface area contributed by atoms with E-state index in [-0.39, 0.29) is 35.3 Å². The van der Waals surface area contributed by atoms with Crippen molar-refractivity contribution in [3.8, 4) is 11.5 Å². The van der Waals surface area contributed by atoms with E-state index in [1.54, 1.807) is 24.5 Å². The molecule has 0 radical (unpaired) electrons. The number of halogens is 2. The zero-order chi connectivity index (χ0) is 15.0. The highest BCUT2D eigenvalue weighted by Crippen LogP contribution is 2.30. The van der Waals surface area contributed by atoms with Crippen LogP contribution in [-0.4, -0.2) is 29.7 Å². The molecule has 2 heterocycles. The molecule has 1 aliphatic heterocycles. The minimum atomic E-state index is -0.301. The van der Waals surface area contributed by atoms with Gasteiger partial charge >= 0.3 is 5.90 Å². The van der Waals surface area contributed by atoms with Gasteiger partial charge in [0.15, 0.2) is 17.9 Å². The van der Waals surface area contributed by atoms with Gasteiger partial charge in [0, 0.05) is 19.9 Å². The minimum Gasteiger partial charge on any atom is -1.00 e. The third-order valence-electron chi connectivity index (χ3n) is 3.64. The molecule has 0 atom stereocenters. The molecule has 0 saturated heterocycles. The fraction of sp³-hybridized carbons (Fsp3) is 0.312. The molecule has 0 bridgehead atoms. The molecule has 0 saturated carbocycles. The molecular weight excluding hydrogens is 400 g/mol. The van der Waals surface area contributed by atoms with Crippen molar-refractivity contribution in [3.63, 3.8) is 0 Å². The van der Waals surface area contributed by atoms with Gasteiger partial charge < -0.3 is 37.9 Å². The first-order valence-corrected chi connectivity index (χ1v) is 6.72. The molecule has 4 nitrogen and oxygen atoms in total. The fourth-order valence-electron chi connectivity index (χ4n) is 2.09. The van der Waals surface area contributed by atoms with Crippen LogP contribution in [-0.2, 0) is 4.74 Å². The summed E-state index contributed by atoms with van der Waals surface area (Å²) in [6.45, 7) is 4.75. The van der Waals surface area contributed by atoms with Crippen LogP contribution in [0.3, 0.4) is 0 Å². The smallest absolute Gasteiger partial charge is 0.411 e. The molecular formula is C16H17FINO3. The summed E-state index contributed by atoms with van der Waals surface area (Å²) in [4.78, 5) is 0. The van der Waals surface area contributed by atoms with E-state index in [0.29, 0.717) is 29.8 Å². The summed E-state index contributed by atoms with van der Waals surface area (Å²) in [5.41, 5.74) is -0.102. The average Bonchev–Trinajstić information content (AvgIpc) is 2.99. The second kappa shape index (κ2) is 6.28. The van der Waals surface area contributed by atoms with Crippen molar-refractivity contribution in [1.82, 2.24) is 0 Å². The first-order valence-electron chi connectivity index (χ1n) is 6.72. The Morgan fingerprint density at radius 3 is 2.45 bits per heavy atom. The maximum atomic E-state index is 12.9. The first-order chi connectivity index (χ1) is 9.97. The Morgan fingerprint density at radius 2 is 1.86 bits per heavy atom. The molecule has 1 aromatic carbocycles. The molecule has 0 unspecified atom stereocenters. The van der Waals surface area contributed by atoms with Crippen molar-refractivity contribution in [2.75, 3.05) is 13.7 Å². The van der Waals surface area contributed by atoms with Crippen molar-refractivity contribution in [2.24, 2.45) is 0 Å². The number of nitrogens with zero attached hydrogens (tertiary/aromatic N) is 1. The van der Waals surface area contributed by atoms with Crippen LogP contribution < -0.4 is 28.7 Å². The summed E-state index contributed by atoms with van der Waals surface area (Å²) in [6.07, 6.45) is 1.55. The Morgan fingerprint density at radius 1 is 1.18 bits per heavy atom. The highest BCUT2D eigenvalue weighted by Gasteiger charge is 2.42. The molecule has 3 rings (SSSR count). The average molecular weight is 417 g/mol. The van der Waals surface area contributed by atoms with E-state index in [1.165, 1.54) is 12.1 Å². The number of benzene rings is 1. The van der Waals surface area contributed by atoms with Crippen molar-refractivity contribution >= 4 is 5.90 Å². The third kappa shape index (κ3) is 3.11. The van der Waals surface area contributed by atoms with Gasteiger partial charge in [0.2, 0.25) is 0 Å². The molecule has 0 spiro atoms. The number of likely N-dealkylation sites (N-methyl/N-ethyl adjacent to an activating group) is 1. The van der Waals surface area contributed by atoms with E-state index in [4.69, 9.17) is 13.9 Å². The Balaban J connectivity index is 0.00000176. The molecule has 22 heavy (non-hydrogen) atoms. The second-order valence-corrected chi connectivity index (χ2v) is 5.64. The summed E-state index contributed by atoms with van der Waals surface area (Å²) in [5, 5.41) is 0. The Labute approximate surface area is 145 Å². The summed E-state index contributed by atoms with van der Waals surface area (Å²) in [7, 11) is 1.95. The minimum absolute atomic E-state index is 0. The molecule has 6 heteroatoms. The third-order valence-corrected chi connectivity index (χ3v) is 3.64. The molecule has 118 valence electrons. The monoisotopic (exact) mass is 417 g/mol. The Hall–Kier alpha value is -1.57. The summed E-state index contributed by atoms with van der Waals surface area (Å²) in [5.74, 6) is 1.96. The lowest BCUT2D eigenvalue weighted by Gasteiger charge is -2.09. The lowest BCUT2D eigenvalue weighted by atomic mass is 10.1. The molecule has 0 amide bonds. The van der Waals surface area contributed by atoms with Crippen LogP contribution in [0, 0.1) is 5.82 Å². The summed E-state index contributed by atoms with van der Waals surface area (Å²) in [6, 6.07) is 7.56. The van der Waals surface area contributed by atoms with Gasteiger partial charge in [0.05, 0.1) is 6.26 Å². The second-order valence-electron chi connectivity index (χ2n) is 5.64. The van der Waals surface area contributed by atoms with Crippen LogP contribution in [0.2, 0.25) is 0 Å². The largest absolute Gasteiger partial charge is 1.00 e. The zero-order valence-corrected chi connectivity index (χ0v) is 14.8. The van der Waals surface area contributed by atoms with Crippen molar-refractivity contribution in [1.29, 1.82) is 0 Å². The van der Waals surface area contributed by atoms with Gasteiger partial charge in [-0.05, 0) is 24.3 Å². The van der Waals surface area contributed by atoms with Crippen LogP contribution in [0.4, 0.5) is 4.39 Å². The van der Waals surface area contributed by atoms with Crippen LogP contribution in [0.5, 0.6) is 11.5 Å². The van der Waals surface area contributed by atoms with Gasteiger partial charge in [-0.2, -0.15) is 4.58 Å². The summed E-state index contributed by atoms with van der Waals surface area (Å²) >= 11 is 0. The lowest BCUT2D eigenvalue weighted by molar-refractivity contribution is -0.562. The Kier molecular flexibility index (Phi) is 4.79. The van der Waals surface area contributed by atoms with E-state index < -0.39 is 0 Å². The van der Waals surface area contributed by atoms with Gasteiger partial charge in [0.25, 0.3) is 5.76 Å². The Bertz CT molecular complexity index is 692. The van der Waals surface area contributed by atoms with Crippen LogP contribution in [0.15, 0.2) is 41.0 Å². The van der Waals surface area contributed by atoms with E-state index in [2.05, 4.69) is 13.8 Å². The van der Waals surface area contributed by atoms with Crippen LogP contribution >= 0.6 is 0 Å². The van der Waals surface area contributed by atoms with Crippen molar-refractivity contribution < 1.29 is 46.8 Å². The number of furan rings is 1. The van der Waals surface area contributed by atoms with Gasteiger partial charge in [0.1, 0.15) is 18.6 Å². The highest BCUT2D eigenvalue weighted by molar-refractivity contribution is 5.91. The lowest BCUT2D eigenvalue weighted by Crippen LogP contribution is -3.00. The van der Waals surface area contributed by atoms with E-state index in [0.717, 1.165) is 0 Å². The number of hydrogen-bond donors (Lipinski definition) is 0. The topological polar surface area (TPSA) is 34.6 Å². The number of ether oxygens (including phenoxy) is 2. The molecule has 1 aliphatic rings. The molecule has 0 N–H and O–H groups in total. The maximum absolute atomic E-state index is 12.9. The van der Waals surface area contributed by atoms with Crippen molar-refractivity contribution in [3.05, 3.63) is 48.2 Å². The van der Waals surface area contributed by atoms with Gasteiger partial charge in [-0.3, -0.25) is 0 Å². The zero-order valence-electron chi connectivity index (χ0n) is 12.6. The first kappa shape index (κ1) is 16.8. The highest BCUT2D eigenvalue weighted by atomic mass is 127. The van der Waals surface area contributed by atoms with Gasteiger partial charge in [-0.25, -0.2) is 4.39 Å². The molecule has 0 aliphatic carbocycles. The van der Waals surface area contributed by atoms with Crippen LogP contribution in [0.25, 0.3) is 0 Å². The quantitative estimate of drug-likeness (QED) is 0.537. The fourth-order valence-corrected chi connectivity index (χ4v) is 2.09. The molecule has 0 fully saturated rings. The standard InChI is InChI=1S/C16H17FNO3.HI/c1-16(2)10-20-15(18(16)3)14-13(8-9-19-14)21-12-6-4-11(17)5-7-12;/h4-9H,10H2,1-3H3;1H/q+1;/p-1.